The molecule has 2 aromatic rings. The Labute approximate surface area is 111 Å². The fraction of sp³-hybridized carbons (Fsp3) is 0.333. The average molecular weight is 268 g/mol. The van der Waals surface area contributed by atoms with E-state index in [1.807, 2.05) is 18.2 Å². The molecule has 0 spiro atoms. The van der Waals surface area contributed by atoms with E-state index in [0.29, 0.717) is 6.42 Å². The molecule has 6 heteroatoms. The zero-order chi connectivity index (χ0) is 11.7. The highest BCUT2D eigenvalue weighted by molar-refractivity contribution is 5.92. The highest BCUT2D eigenvalue weighted by Crippen LogP contribution is 2.28. The largest absolute Gasteiger partial charge is 0.496 e. The first-order valence-corrected chi connectivity index (χ1v) is 5.57. The lowest BCUT2D eigenvalue weighted by atomic mass is 10.1. The van der Waals surface area contributed by atoms with Crippen LogP contribution < -0.4 is 10.1 Å². The van der Waals surface area contributed by atoms with E-state index in [-0.39, 0.29) is 12.4 Å². The van der Waals surface area contributed by atoms with Gasteiger partial charge in [0.05, 0.1) is 25.5 Å². The van der Waals surface area contributed by atoms with Gasteiger partial charge in [0.2, 0.25) is 0 Å². The Kier molecular flexibility index (Phi) is 3.72. The lowest BCUT2D eigenvalue weighted by Crippen LogP contribution is -2.20. The van der Waals surface area contributed by atoms with Crippen molar-refractivity contribution in [1.82, 2.24) is 10.5 Å². The smallest absolute Gasteiger partial charge is 0.170 e. The minimum absolute atomic E-state index is 0. The monoisotopic (exact) mass is 267 g/mol. The molecule has 0 fully saturated rings. The number of hydrogen-bond donors (Lipinski definition) is 1. The quantitative estimate of drug-likeness (QED) is 0.921. The summed E-state index contributed by atoms with van der Waals surface area (Å²) in [5, 5.41) is 8.25. The molecule has 0 atom stereocenters. The number of nitrogens with zero attached hydrogens (tertiary/aromatic N) is 2. The molecule has 1 aliphatic heterocycles. The third kappa shape index (κ3) is 2.13. The normalized spacial score (nSPS) is 13.9. The molecule has 96 valence electrons. The molecule has 3 rings (SSSR count). The van der Waals surface area contributed by atoms with E-state index in [1.165, 1.54) is 0 Å². The number of amidine groups is 1. The number of aliphatic imine (C=N–C) groups is 1. The molecule has 0 saturated carbocycles. The molecule has 1 aromatic heterocycles. The predicted molar refractivity (Wildman–Crippen MR) is 71.8 cm³/mol. The summed E-state index contributed by atoms with van der Waals surface area (Å²) < 4.78 is 10.6. The second kappa shape index (κ2) is 5.27. The van der Waals surface area contributed by atoms with E-state index in [9.17, 15) is 0 Å². The van der Waals surface area contributed by atoms with Gasteiger partial charge in [-0.1, -0.05) is 11.2 Å². The maximum Gasteiger partial charge on any atom is 0.170 e. The fourth-order valence-corrected chi connectivity index (χ4v) is 2.04. The van der Waals surface area contributed by atoms with E-state index in [4.69, 9.17) is 9.26 Å². The predicted octanol–water partition coefficient (Wildman–Crippen LogP) is 1.80. The first kappa shape index (κ1) is 12.7. The van der Waals surface area contributed by atoms with E-state index in [1.54, 1.807) is 7.11 Å². The first-order chi connectivity index (χ1) is 8.38. The van der Waals surface area contributed by atoms with E-state index in [2.05, 4.69) is 15.5 Å². The summed E-state index contributed by atoms with van der Waals surface area (Å²) in [7, 11) is 1.65. The van der Waals surface area contributed by atoms with Crippen molar-refractivity contribution >= 4 is 29.2 Å². The molecule has 18 heavy (non-hydrogen) atoms. The van der Waals surface area contributed by atoms with E-state index >= 15 is 0 Å². The molecule has 5 nitrogen and oxygen atoms in total. The van der Waals surface area contributed by atoms with Crippen molar-refractivity contribution in [2.75, 3.05) is 20.2 Å². The van der Waals surface area contributed by atoms with Gasteiger partial charge in [0.15, 0.2) is 5.58 Å². The fourth-order valence-electron chi connectivity index (χ4n) is 2.04. The standard InChI is InChI=1S/C12H13N3O2.ClH/c1-16-9-3-2-4-10-12(9)8(15-17-10)7-11-13-5-6-14-11;/h2-4H,5-7H2,1H3,(H,13,14);1H. The Bertz CT molecular complexity index is 580. The number of aromatic nitrogens is 1. The maximum atomic E-state index is 5.33. The van der Waals surface area contributed by atoms with Crippen LogP contribution in [0, 0.1) is 0 Å². The Morgan fingerprint density at radius 3 is 3.06 bits per heavy atom. The van der Waals surface area contributed by atoms with Gasteiger partial charge < -0.3 is 14.6 Å². The lowest BCUT2D eigenvalue weighted by Gasteiger charge is -2.02. The second-order valence-electron chi connectivity index (χ2n) is 3.89. The highest BCUT2D eigenvalue weighted by atomic mass is 35.5. The number of halogens is 1. The van der Waals surface area contributed by atoms with Crippen LogP contribution in [-0.2, 0) is 6.42 Å². The molecule has 1 N–H and O–H groups in total. The summed E-state index contributed by atoms with van der Waals surface area (Å²) in [6, 6.07) is 5.69. The van der Waals surface area contributed by atoms with Gasteiger partial charge in [-0.3, -0.25) is 4.99 Å². The van der Waals surface area contributed by atoms with Crippen LogP contribution in [0.1, 0.15) is 5.69 Å². The van der Waals surface area contributed by atoms with Crippen LogP contribution in [0.4, 0.5) is 0 Å². The van der Waals surface area contributed by atoms with E-state index in [0.717, 1.165) is 41.3 Å². The van der Waals surface area contributed by atoms with Crippen molar-refractivity contribution in [3.8, 4) is 5.75 Å². The van der Waals surface area contributed by atoms with Crippen molar-refractivity contribution in [3.05, 3.63) is 23.9 Å². The van der Waals surface area contributed by atoms with Crippen LogP contribution in [-0.4, -0.2) is 31.2 Å². The zero-order valence-electron chi connectivity index (χ0n) is 9.97. The molecular formula is C12H14ClN3O2. The highest BCUT2D eigenvalue weighted by Gasteiger charge is 2.16. The van der Waals surface area contributed by atoms with Crippen LogP contribution in [0.25, 0.3) is 11.0 Å². The van der Waals surface area contributed by atoms with Crippen molar-refractivity contribution in [1.29, 1.82) is 0 Å². The summed E-state index contributed by atoms with van der Waals surface area (Å²) in [6.45, 7) is 1.74. The summed E-state index contributed by atoms with van der Waals surface area (Å²) in [6.07, 6.45) is 0.660. The van der Waals surface area contributed by atoms with Crippen molar-refractivity contribution in [2.45, 2.75) is 6.42 Å². The van der Waals surface area contributed by atoms with Gasteiger partial charge in [-0.2, -0.15) is 0 Å². The van der Waals surface area contributed by atoms with Gasteiger partial charge in [0, 0.05) is 6.54 Å². The topological polar surface area (TPSA) is 59.7 Å². The molecule has 0 amide bonds. The van der Waals surface area contributed by atoms with E-state index < -0.39 is 0 Å². The van der Waals surface area contributed by atoms with Crippen LogP contribution in [0.5, 0.6) is 5.75 Å². The van der Waals surface area contributed by atoms with Gasteiger partial charge in [-0.05, 0) is 12.1 Å². The SMILES string of the molecule is COc1cccc2onc(CC3=NCCN3)c12.Cl. The second-order valence-corrected chi connectivity index (χ2v) is 3.89. The molecule has 1 aromatic carbocycles. The zero-order valence-corrected chi connectivity index (χ0v) is 10.8. The van der Waals surface area contributed by atoms with Crippen molar-refractivity contribution < 1.29 is 9.26 Å². The van der Waals surface area contributed by atoms with Gasteiger partial charge in [0.1, 0.15) is 17.3 Å². The van der Waals surface area contributed by atoms with Gasteiger partial charge >= 0.3 is 0 Å². The van der Waals surface area contributed by atoms with Crippen molar-refractivity contribution in [2.24, 2.45) is 4.99 Å². The lowest BCUT2D eigenvalue weighted by molar-refractivity contribution is 0.419. The molecular weight excluding hydrogens is 254 g/mol. The summed E-state index contributed by atoms with van der Waals surface area (Å²) >= 11 is 0. The van der Waals surface area contributed by atoms with Crippen LogP contribution >= 0.6 is 12.4 Å². The maximum absolute atomic E-state index is 5.33. The minimum atomic E-state index is 0. The first-order valence-electron chi connectivity index (χ1n) is 5.57. The Balaban J connectivity index is 0.00000120. The number of nitrogens with one attached hydrogen (secondary N) is 1. The number of fused-ring (bicyclic) bond motifs is 1. The average Bonchev–Trinajstić information content (AvgIpc) is 2.99. The Hall–Kier alpha value is -1.75. The van der Waals surface area contributed by atoms with Crippen LogP contribution in [0.3, 0.4) is 0 Å². The Morgan fingerprint density at radius 1 is 1.44 bits per heavy atom. The third-order valence-corrected chi connectivity index (χ3v) is 2.83. The van der Waals surface area contributed by atoms with Crippen molar-refractivity contribution in [3.63, 3.8) is 0 Å². The molecule has 1 aliphatic rings. The summed E-state index contributed by atoms with van der Waals surface area (Å²) in [5.74, 6) is 1.75. The summed E-state index contributed by atoms with van der Waals surface area (Å²) in [4.78, 5) is 4.36. The summed E-state index contributed by atoms with van der Waals surface area (Å²) in [5.41, 5.74) is 1.61. The van der Waals surface area contributed by atoms with Gasteiger partial charge in [-0.25, -0.2) is 0 Å². The molecule has 0 bridgehead atoms. The van der Waals surface area contributed by atoms with Crippen LogP contribution in [0.2, 0.25) is 0 Å². The van der Waals surface area contributed by atoms with Gasteiger partial charge in [0.25, 0.3) is 0 Å². The molecule has 0 saturated heterocycles. The molecule has 0 unspecified atom stereocenters. The number of benzene rings is 1. The van der Waals surface area contributed by atoms with Crippen LogP contribution in [0.15, 0.2) is 27.7 Å². The Morgan fingerprint density at radius 2 is 2.33 bits per heavy atom. The molecule has 0 radical (unpaired) electrons. The third-order valence-electron chi connectivity index (χ3n) is 2.83. The molecule has 0 aliphatic carbocycles. The molecule has 2 heterocycles. The number of rotatable bonds is 3. The minimum Gasteiger partial charge on any atom is -0.496 e. The number of ether oxygens (including phenoxy) is 1. The number of methoxy groups -OCH3 is 1. The number of hydrogen-bond acceptors (Lipinski definition) is 5. The van der Waals surface area contributed by atoms with Gasteiger partial charge in [-0.15, -0.1) is 12.4 Å².